The summed E-state index contributed by atoms with van der Waals surface area (Å²) in [5.74, 6) is 0.770. The lowest BCUT2D eigenvalue weighted by Crippen LogP contribution is -2.24. The van der Waals surface area contributed by atoms with Crippen LogP contribution in [0.4, 0.5) is 0 Å². The van der Waals surface area contributed by atoms with Crippen LogP contribution in [0.2, 0.25) is 5.15 Å². The van der Waals surface area contributed by atoms with Gasteiger partial charge in [0.2, 0.25) is 0 Å². The molecule has 2 aromatic rings. The number of aromatic nitrogens is 2. The molecule has 0 fully saturated rings. The van der Waals surface area contributed by atoms with E-state index in [1.807, 2.05) is 30.3 Å². The molecule has 0 saturated carbocycles. The summed E-state index contributed by atoms with van der Waals surface area (Å²) in [6.07, 6.45) is 1.41. The topological polar surface area (TPSA) is 44.1 Å². The molecule has 0 aliphatic carbocycles. The molecule has 0 N–H and O–H groups in total. The SMILES string of the molecule is O=c1c(Br)c(Cl)ncn1CCOc1ccccc1. The Balaban J connectivity index is 1.99. The van der Waals surface area contributed by atoms with Crippen LogP contribution in [0.5, 0.6) is 5.75 Å². The minimum absolute atomic E-state index is 0.167. The van der Waals surface area contributed by atoms with Gasteiger partial charge in [-0.2, -0.15) is 0 Å². The zero-order chi connectivity index (χ0) is 13.0. The van der Waals surface area contributed by atoms with Crippen molar-refractivity contribution in [1.82, 2.24) is 9.55 Å². The second-order valence-corrected chi connectivity index (χ2v) is 4.66. The van der Waals surface area contributed by atoms with Gasteiger partial charge in [0.25, 0.3) is 5.56 Å². The van der Waals surface area contributed by atoms with Gasteiger partial charge in [-0.1, -0.05) is 29.8 Å². The molecule has 0 aliphatic heterocycles. The van der Waals surface area contributed by atoms with Crippen LogP contribution in [0, 0.1) is 0 Å². The van der Waals surface area contributed by atoms with Crippen molar-refractivity contribution < 1.29 is 4.74 Å². The van der Waals surface area contributed by atoms with Crippen LogP contribution in [-0.2, 0) is 6.54 Å². The summed E-state index contributed by atoms with van der Waals surface area (Å²) in [5.41, 5.74) is -0.216. The molecular weight excluding hydrogens is 320 g/mol. The number of para-hydroxylation sites is 1. The molecule has 0 amide bonds. The Bertz CT molecular complexity index is 586. The van der Waals surface area contributed by atoms with Gasteiger partial charge in [0.05, 0.1) is 12.9 Å². The van der Waals surface area contributed by atoms with Crippen molar-refractivity contribution in [3.63, 3.8) is 0 Å². The normalized spacial score (nSPS) is 10.3. The van der Waals surface area contributed by atoms with Gasteiger partial charge in [-0.05, 0) is 28.1 Å². The summed E-state index contributed by atoms with van der Waals surface area (Å²) in [6, 6.07) is 9.42. The third kappa shape index (κ3) is 3.11. The van der Waals surface area contributed by atoms with E-state index in [0.29, 0.717) is 13.2 Å². The molecule has 18 heavy (non-hydrogen) atoms. The van der Waals surface area contributed by atoms with Crippen molar-refractivity contribution >= 4 is 27.5 Å². The van der Waals surface area contributed by atoms with E-state index >= 15 is 0 Å². The Hall–Kier alpha value is -1.33. The predicted octanol–water partition coefficient (Wildman–Crippen LogP) is 2.74. The van der Waals surface area contributed by atoms with E-state index in [-0.39, 0.29) is 15.2 Å². The Kier molecular flexibility index (Phi) is 4.38. The lowest BCUT2D eigenvalue weighted by atomic mass is 10.3. The van der Waals surface area contributed by atoms with Crippen LogP contribution in [-0.4, -0.2) is 16.2 Å². The first-order chi connectivity index (χ1) is 8.68. The number of rotatable bonds is 4. The lowest BCUT2D eigenvalue weighted by Gasteiger charge is -2.08. The van der Waals surface area contributed by atoms with Crippen molar-refractivity contribution in [2.45, 2.75) is 6.54 Å². The second kappa shape index (κ2) is 6.02. The van der Waals surface area contributed by atoms with Gasteiger partial charge in [0.15, 0.2) is 5.15 Å². The molecule has 0 unspecified atom stereocenters. The fraction of sp³-hybridized carbons (Fsp3) is 0.167. The predicted molar refractivity (Wildman–Crippen MR) is 73.1 cm³/mol. The molecule has 1 aromatic heterocycles. The number of ether oxygens (including phenoxy) is 1. The molecule has 4 nitrogen and oxygen atoms in total. The monoisotopic (exact) mass is 328 g/mol. The molecule has 0 saturated heterocycles. The minimum Gasteiger partial charge on any atom is -0.492 e. The van der Waals surface area contributed by atoms with Crippen molar-refractivity contribution in [2.75, 3.05) is 6.61 Å². The fourth-order valence-electron chi connectivity index (χ4n) is 1.38. The first-order valence-corrected chi connectivity index (χ1v) is 6.44. The maximum atomic E-state index is 11.8. The highest BCUT2D eigenvalue weighted by atomic mass is 79.9. The second-order valence-electron chi connectivity index (χ2n) is 3.51. The largest absolute Gasteiger partial charge is 0.492 e. The summed E-state index contributed by atoms with van der Waals surface area (Å²) in [5, 5.41) is 0.167. The molecule has 0 aliphatic rings. The highest BCUT2D eigenvalue weighted by molar-refractivity contribution is 9.10. The minimum atomic E-state index is -0.216. The average Bonchev–Trinajstić information content (AvgIpc) is 2.40. The van der Waals surface area contributed by atoms with Gasteiger partial charge in [0, 0.05) is 0 Å². The molecule has 1 heterocycles. The summed E-state index contributed by atoms with van der Waals surface area (Å²) in [6.45, 7) is 0.802. The Morgan fingerprint density at radius 1 is 1.33 bits per heavy atom. The van der Waals surface area contributed by atoms with E-state index in [4.69, 9.17) is 16.3 Å². The Morgan fingerprint density at radius 2 is 2.06 bits per heavy atom. The van der Waals surface area contributed by atoms with Crippen molar-refractivity contribution in [3.8, 4) is 5.75 Å². The Labute approximate surface area is 117 Å². The molecule has 2 rings (SSSR count). The maximum Gasteiger partial charge on any atom is 0.269 e. The molecule has 0 spiro atoms. The molecule has 1 aromatic carbocycles. The first-order valence-electron chi connectivity index (χ1n) is 5.27. The molecular formula is C12H10BrClN2O2. The number of hydrogen-bond donors (Lipinski definition) is 0. The van der Waals surface area contributed by atoms with Gasteiger partial charge in [-0.25, -0.2) is 4.98 Å². The van der Waals surface area contributed by atoms with Crippen LogP contribution in [0.1, 0.15) is 0 Å². The van der Waals surface area contributed by atoms with Crippen molar-refractivity contribution in [2.24, 2.45) is 0 Å². The summed E-state index contributed by atoms with van der Waals surface area (Å²) >= 11 is 8.81. The molecule has 6 heteroatoms. The van der Waals surface area contributed by atoms with Crippen LogP contribution in [0.15, 0.2) is 45.9 Å². The van der Waals surface area contributed by atoms with Crippen molar-refractivity contribution in [3.05, 3.63) is 56.6 Å². The summed E-state index contributed by atoms with van der Waals surface area (Å²) in [7, 11) is 0. The van der Waals surface area contributed by atoms with E-state index < -0.39 is 0 Å². The fourth-order valence-corrected chi connectivity index (χ4v) is 1.84. The number of nitrogens with zero attached hydrogens (tertiary/aromatic N) is 2. The Morgan fingerprint density at radius 3 is 2.78 bits per heavy atom. The third-order valence-electron chi connectivity index (χ3n) is 2.28. The maximum absolute atomic E-state index is 11.8. The zero-order valence-corrected chi connectivity index (χ0v) is 11.7. The van der Waals surface area contributed by atoms with Gasteiger partial charge < -0.3 is 4.74 Å². The van der Waals surface area contributed by atoms with Gasteiger partial charge in [-0.3, -0.25) is 9.36 Å². The van der Waals surface area contributed by atoms with E-state index in [1.165, 1.54) is 10.9 Å². The van der Waals surface area contributed by atoms with Gasteiger partial charge in [0.1, 0.15) is 16.8 Å². The summed E-state index contributed by atoms with van der Waals surface area (Å²) in [4.78, 5) is 15.7. The molecule has 0 radical (unpaired) electrons. The van der Waals surface area contributed by atoms with Crippen LogP contribution >= 0.6 is 27.5 Å². The smallest absolute Gasteiger partial charge is 0.269 e. The number of benzene rings is 1. The zero-order valence-electron chi connectivity index (χ0n) is 9.35. The first kappa shape index (κ1) is 13.1. The number of halogens is 2. The van der Waals surface area contributed by atoms with E-state index in [0.717, 1.165) is 5.75 Å². The standard InChI is InChI=1S/C12H10BrClN2O2/c13-10-11(14)15-8-16(12(10)17)6-7-18-9-4-2-1-3-5-9/h1-5,8H,6-7H2. The number of hydrogen-bond acceptors (Lipinski definition) is 3. The van der Waals surface area contributed by atoms with Crippen LogP contribution in [0.3, 0.4) is 0 Å². The van der Waals surface area contributed by atoms with Gasteiger partial charge in [-0.15, -0.1) is 0 Å². The highest BCUT2D eigenvalue weighted by Gasteiger charge is 2.06. The molecule has 0 atom stereocenters. The van der Waals surface area contributed by atoms with E-state index in [1.54, 1.807) is 0 Å². The van der Waals surface area contributed by atoms with Crippen molar-refractivity contribution in [1.29, 1.82) is 0 Å². The molecule has 94 valence electrons. The van der Waals surface area contributed by atoms with Crippen LogP contribution in [0.25, 0.3) is 0 Å². The quantitative estimate of drug-likeness (QED) is 0.810. The third-order valence-corrected chi connectivity index (χ3v) is 3.51. The summed E-state index contributed by atoms with van der Waals surface area (Å²) < 4.78 is 7.21. The van der Waals surface area contributed by atoms with E-state index in [2.05, 4.69) is 20.9 Å². The average molecular weight is 330 g/mol. The van der Waals surface area contributed by atoms with Crippen LogP contribution < -0.4 is 10.3 Å². The molecule has 0 bridgehead atoms. The van der Waals surface area contributed by atoms with E-state index in [9.17, 15) is 4.79 Å². The van der Waals surface area contributed by atoms with Gasteiger partial charge >= 0.3 is 0 Å². The highest BCUT2D eigenvalue weighted by Crippen LogP contribution is 2.13. The lowest BCUT2D eigenvalue weighted by molar-refractivity contribution is 0.295.